The molecule has 1 aromatic carbocycles. The first kappa shape index (κ1) is 20.8. The minimum absolute atomic E-state index is 0.531. The molecule has 0 spiro atoms. The fourth-order valence-corrected chi connectivity index (χ4v) is 4.10. The van der Waals surface area contributed by atoms with Crippen molar-refractivity contribution in [1.82, 2.24) is 29.9 Å². The number of aliphatic imine (C=N–C) groups is 1. The summed E-state index contributed by atoms with van der Waals surface area (Å²) in [7, 11) is 1.99. The number of nitrogens with one attached hydrogen (secondary N) is 1. The largest absolute Gasteiger partial charge is 0.379 e. The number of nitrogens with zero attached hydrogens (tertiary/aromatic N) is 6. The summed E-state index contributed by atoms with van der Waals surface area (Å²) in [6.45, 7) is 10.1. The monoisotopic (exact) mass is 411 g/mol. The number of hydrogen-bond donors (Lipinski definition) is 1. The highest BCUT2D eigenvalue weighted by Crippen LogP contribution is 2.27. The number of rotatable bonds is 6. The lowest BCUT2D eigenvalue weighted by atomic mass is 9.99. The van der Waals surface area contributed by atoms with Crippen LogP contribution in [0.2, 0.25) is 0 Å². The van der Waals surface area contributed by atoms with Crippen LogP contribution in [0, 0.1) is 6.92 Å². The van der Waals surface area contributed by atoms with E-state index in [9.17, 15) is 0 Å². The van der Waals surface area contributed by atoms with Crippen LogP contribution < -0.4 is 5.32 Å². The lowest BCUT2D eigenvalue weighted by molar-refractivity contribution is 0.0388. The summed E-state index contributed by atoms with van der Waals surface area (Å²) in [6.07, 6.45) is 1.15. The average molecular weight is 412 g/mol. The molecule has 8 heteroatoms. The zero-order valence-corrected chi connectivity index (χ0v) is 18.1. The van der Waals surface area contributed by atoms with Gasteiger partial charge in [-0.15, -0.1) is 10.2 Å². The van der Waals surface area contributed by atoms with Crippen molar-refractivity contribution in [1.29, 1.82) is 0 Å². The molecule has 0 amide bonds. The number of benzene rings is 1. The zero-order chi connectivity index (χ0) is 20.8. The van der Waals surface area contributed by atoms with Gasteiger partial charge in [-0.3, -0.25) is 4.90 Å². The Labute approximate surface area is 178 Å². The lowest BCUT2D eigenvalue weighted by Crippen LogP contribution is -2.45. The predicted molar refractivity (Wildman–Crippen MR) is 118 cm³/mol. The van der Waals surface area contributed by atoms with Gasteiger partial charge in [0.25, 0.3) is 0 Å². The first-order valence-corrected chi connectivity index (χ1v) is 10.9. The van der Waals surface area contributed by atoms with Gasteiger partial charge in [0.1, 0.15) is 12.4 Å². The molecule has 1 N–H and O–H groups in total. The van der Waals surface area contributed by atoms with Gasteiger partial charge < -0.3 is 19.5 Å². The maximum atomic E-state index is 5.45. The third-order valence-corrected chi connectivity index (χ3v) is 6.13. The molecule has 2 fully saturated rings. The summed E-state index contributed by atoms with van der Waals surface area (Å²) in [6, 6.07) is 10.8. The van der Waals surface area contributed by atoms with Crippen molar-refractivity contribution in [2.45, 2.75) is 25.8 Å². The second kappa shape index (κ2) is 10.0. The molecule has 0 radical (unpaired) electrons. The Kier molecular flexibility index (Phi) is 6.96. The van der Waals surface area contributed by atoms with Crippen LogP contribution in [0.15, 0.2) is 35.3 Å². The second-order valence-electron chi connectivity index (χ2n) is 8.09. The van der Waals surface area contributed by atoms with E-state index in [1.807, 2.05) is 18.5 Å². The Hall–Kier alpha value is -2.45. The van der Waals surface area contributed by atoms with Crippen molar-refractivity contribution in [3.8, 4) is 0 Å². The summed E-state index contributed by atoms with van der Waals surface area (Å²) in [5.74, 6) is 3.32. The highest BCUT2D eigenvalue weighted by atomic mass is 16.5. The zero-order valence-electron chi connectivity index (χ0n) is 18.1. The first-order chi connectivity index (χ1) is 14.7. The molecule has 162 valence electrons. The third-order valence-electron chi connectivity index (χ3n) is 6.13. The van der Waals surface area contributed by atoms with E-state index in [0.717, 1.165) is 76.5 Å². The van der Waals surface area contributed by atoms with E-state index in [4.69, 9.17) is 9.73 Å². The Bertz CT molecular complexity index is 829. The molecule has 1 atom stereocenters. The van der Waals surface area contributed by atoms with Crippen LogP contribution >= 0.6 is 0 Å². The van der Waals surface area contributed by atoms with Crippen LogP contribution in [0.5, 0.6) is 0 Å². The topological polar surface area (TPSA) is 70.8 Å². The maximum absolute atomic E-state index is 5.45. The number of guanidine groups is 1. The molecule has 3 heterocycles. The molecule has 0 saturated carbocycles. The third kappa shape index (κ3) is 5.17. The number of likely N-dealkylation sites (tertiary alicyclic amines) is 1. The van der Waals surface area contributed by atoms with E-state index in [-0.39, 0.29) is 0 Å². The smallest absolute Gasteiger partial charge is 0.194 e. The average Bonchev–Trinajstić information content (AvgIpc) is 3.40. The van der Waals surface area contributed by atoms with Crippen LogP contribution in [-0.4, -0.2) is 83.0 Å². The number of morpholine rings is 1. The molecule has 2 aliphatic rings. The van der Waals surface area contributed by atoms with Gasteiger partial charge in [-0.05, 0) is 18.9 Å². The summed E-state index contributed by atoms with van der Waals surface area (Å²) >= 11 is 0. The van der Waals surface area contributed by atoms with E-state index in [2.05, 4.69) is 55.6 Å². The van der Waals surface area contributed by atoms with E-state index >= 15 is 0 Å². The summed E-state index contributed by atoms with van der Waals surface area (Å²) < 4.78 is 7.46. The van der Waals surface area contributed by atoms with Gasteiger partial charge in [0.2, 0.25) is 0 Å². The SMILES string of the molecule is Cc1nnc(CN=C(NCCN2CCOCC2)N2CCC(c3ccccc3)C2)n1C. The fraction of sp³-hybridized carbons (Fsp3) is 0.591. The van der Waals surface area contributed by atoms with Gasteiger partial charge in [0.05, 0.1) is 13.2 Å². The summed E-state index contributed by atoms with van der Waals surface area (Å²) in [5, 5.41) is 12.0. The van der Waals surface area contributed by atoms with Crippen LogP contribution in [0.3, 0.4) is 0 Å². The van der Waals surface area contributed by atoms with Gasteiger partial charge in [-0.2, -0.15) is 0 Å². The number of aromatic nitrogens is 3. The van der Waals surface area contributed by atoms with Gasteiger partial charge in [-0.1, -0.05) is 30.3 Å². The van der Waals surface area contributed by atoms with Crippen molar-refractivity contribution < 1.29 is 4.74 Å². The standard InChI is InChI=1S/C22H33N7O/c1-18-25-26-21(27(18)2)16-24-22(23-9-11-28-12-14-30-15-13-28)29-10-8-20(17-29)19-6-4-3-5-7-19/h3-7,20H,8-17H2,1-2H3,(H,23,24). The van der Waals surface area contributed by atoms with Crippen molar-refractivity contribution in [3.05, 3.63) is 47.5 Å². The number of aryl methyl sites for hydroxylation is 1. The second-order valence-corrected chi connectivity index (χ2v) is 8.09. The van der Waals surface area contributed by atoms with Gasteiger partial charge in [0, 0.05) is 52.2 Å². The molecule has 2 aromatic rings. The minimum Gasteiger partial charge on any atom is -0.379 e. The van der Waals surface area contributed by atoms with Gasteiger partial charge >= 0.3 is 0 Å². The van der Waals surface area contributed by atoms with Crippen LogP contribution in [-0.2, 0) is 18.3 Å². The summed E-state index contributed by atoms with van der Waals surface area (Å²) in [5.41, 5.74) is 1.41. The van der Waals surface area contributed by atoms with Crippen molar-refractivity contribution >= 4 is 5.96 Å². The maximum Gasteiger partial charge on any atom is 0.194 e. The minimum atomic E-state index is 0.531. The summed E-state index contributed by atoms with van der Waals surface area (Å²) in [4.78, 5) is 9.76. The lowest BCUT2D eigenvalue weighted by Gasteiger charge is -2.28. The van der Waals surface area contributed by atoms with Crippen molar-refractivity contribution in [2.75, 3.05) is 52.5 Å². The molecule has 2 aliphatic heterocycles. The highest BCUT2D eigenvalue weighted by molar-refractivity contribution is 5.80. The molecular formula is C22H33N7O. The molecule has 30 heavy (non-hydrogen) atoms. The van der Waals surface area contributed by atoms with Crippen LogP contribution in [0.4, 0.5) is 0 Å². The van der Waals surface area contributed by atoms with Crippen LogP contribution in [0.1, 0.15) is 29.6 Å². The van der Waals surface area contributed by atoms with E-state index in [1.54, 1.807) is 0 Å². The molecule has 8 nitrogen and oxygen atoms in total. The molecule has 2 saturated heterocycles. The van der Waals surface area contributed by atoms with Crippen molar-refractivity contribution in [3.63, 3.8) is 0 Å². The molecule has 0 aliphatic carbocycles. The molecule has 1 unspecified atom stereocenters. The Morgan fingerprint density at radius 3 is 2.70 bits per heavy atom. The molecule has 4 rings (SSSR count). The normalized spacial score (nSPS) is 20.7. The van der Waals surface area contributed by atoms with Crippen LogP contribution in [0.25, 0.3) is 0 Å². The Morgan fingerprint density at radius 2 is 1.97 bits per heavy atom. The Balaban J connectivity index is 1.41. The van der Waals surface area contributed by atoms with E-state index < -0.39 is 0 Å². The number of ether oxygens (including phenoxy) is 1. The first-order valence-electron chi connectivity index (χ1n) is 10.9. The fourth-order valence-electron chi connectivity index (χ4n) is 4.10. The quantitative estimate of drug-likeness (QED) is 0.572. The van der Waals surface area contributed by atoms with Gasteiger partial charge in [0.15, 0.2) is 11.8 Å². The molecule has 1 aromatic heterocycles. The highest BCUT2D eigenvalue weighted by Gasteiger charge is 2.26. The molecular weight excluding hydrogens is 378 g/mol. The van der Waals surface area contributed by atoms with E-state index in [1.165, 1.54) is 5.56 Å². The predicted octanol–water partition coefficient (Wildman–Crippen LogP) is 1.39. The number of hydrogen-bond acceptors (Lipinski definition) is 5. The van der Waals surface area contributed by atoms with Crippen molar-refractivity contribution in [2.24, 2.45) is 12.0 Å². The van der Waals surface area contributed by atoms with Gasteiger partial charge in [-0.25, -0.2) is 4.99 Å². The van der Waals surface area contributed by atoms with E-state index in [0.29, 0.717) is 12.5 Å². The Morgan fingerprint density at radius 1 is 1.17 bits per heavy atom. The molecule has 0 bridgehead atoms.